The van der Waals surface area contributed by atoms with Gasteiger partial charge in [0.05, 0.1) is 24.9 Å². The molecule has 1 aliphatic rings. The van der Waals surface area contributed by atoms with Crippen LogP contribution >= 0.6 is 0 Å². The van der Waals surface area contributed by atoms with E-state index in [0.29, 0.717) is 6.42 Å². The van der Waals surface area contributed by atoms with Crippen molar-refractivity contribution in [1.29, 1.82) is 0 Å². The van der Waals surface area contributed by atoms with E-state index in [4.69, 9.17) is 20.7 Å². The first-order chi connectivity index (χ1) is 4.74. The van der Waals surface area contributed by atoms with Crippen LogP contribution in [0.1, 0.15) is 6.42 Å². The van der Waals surface area contributed by atoms with Gasteiger partial charge in [0, 0.05) is 6.42 Å². The fraction of sp³-hybridized carbons (Fsp3) is 0.833. The molecule has 1 rings (SSSR count). The van der Waals surface area contributed by atoms with Crippen LogP contribution in [0.4, 0.5) is 0 Å². The molecule has 0 aromatic heterocycles. The number of hydrogen-bond acceptors (Lipinski definition) is 4. The van der Waals surface area contributed by atoms with Crippen LogP contribution in [0.3, 0.4) is 0 Å². The second-order valence-electron chi connectivity index (χ2n) is 2.46. The van der Waals surface area contributed by atoms with Gasteiger partial charge in [-0.3, -0.25) is 0 Å². The van der Waals surface area contributed by atoms with Gasteiger partial charge in [0.2, 0.25) is 0 Å². The second-order valence-corrected chi connectivity index (χ2v) is 2.46. The van der Waals surface area contributed by atoms with E-state index in [0.717, 1.165) is 0 Å². The number of aliphatic hydroxyl groups excluding tert-OH is 2. The SMILES string of the molecule is N[C@H]1[CH]O[C@H](CO)C[C@@H]1O. The smallest absolute Gasteiger partial charge is 0.103 e. The Kier molecular flexibility index (Phi) is 2.62. The van der Waals surface area contributed by atoms with Crippen molar-refractivity contribution in [1.82, 2.24) is 0 Å². The molecule has 1 saturated heterocycles. The third kappa shape index (κ3) is 1.67. The molecule has 0 aliphatic carbocycles. The lowest BCUT2D eigenvalue weighted by Crippen LogP contribution is -2.44. The van der Waals surface area contributed by atoms with Crippen LogP contribution in [0.5, 0.6) is 0 Å². The van der Waals surface area contributed by atoms with Crippen LogP contribution in [0, 0.1) is 6.61 Å². The highest BCUT2D eigenvalue weighted by molar-refractivity contribution is 4.87. The number of rotatable bonds is 1. The van der Waals surface area contributed by atoms with Gasteiger partial charge in [-0.15, -0.1) is 0 Å². The molecule has 0 unspecified atom stereocenters. The fourth-order valence-corrected chi connectivity index (χ4v) is 0.892. The molecule has 4 heteroatoms. The quantitative estimate of drug-likeness (QED) is 0.426. The van der Waals surface area contributed by atoms with Crippen molar-refractivity contribution in [3.8, 4) is 0 Å². The van der Waals surface area contributed by atoms with Crippen LogP contribution in [-0.2, 0) is 4.74 Å². The molecular weight excluding hydrogens is 134 g/mol. The van der Waals surface area contributed by atoms with Crippen molar-refractivity contribution in [2.75, 3.05) is 6.61 Å². The van der Waals surface area contributed by atoms with Gasteiger partial charge in [-0.05, 0) is 0 Å². The molecule has 1 heterocycles. The first kappa shape index (κ1) is 7.94. The number of aliphatic hydroxyl groups is 2. The van der Waals surface area contributed by atoms with E-state index in [9.17, 15) is 0 Å². The summed E-state index contributed by atoms with van der Waals surface area (Å²) >= 11 is 0. The zero-order valence-corrected chi connectivity index (χ0v) is 5.60. The highest BCUT2D eigenvalue weighted by atomic mass is 16.5. The lowest BCUT2D eigenvalue weighted by molar-refractivity contribution is -0.0414. The molecule has 0 aromatic rings. The van der Waals surface area contributed by atoms with Gasteiger partial charge >= 0.3 is 0 Å². The average molecular weight is 146 g/mol. The second kappa shape index (κ2) is 3.30. The Labute approximate surface area is 59.6 Å². The minimum absolute atomic E-state index is 0.0692. The molecule has 0 amide bonds. The van der Waals surface area contributed by atoms with Gasteiger partial charge in [-0.25, -0.2) is 0 Å². The fourth-order valence-electron chi connectivity index (χ4n) is 0.892. The van der Waals surface area contributed by atoms with Crippen LogP contribution in [0.2, 0.25) is 0 Å². The minimum Gasteiger partial charge on any atom is -0.394 e. The Balaban J connectivity index is 2.33. The Bertz CT molecular complexity index is 109. The van der Waals surface area contributed by atoms with Gasteiger partial charge in [-0.1, -0.05) is 0 Å². The van der Waals surface area contributed by atoms with E-state index < -0.39 is 12.1 Å². The van der Waals surface area contributed by atoms with E-state index in [1.807, 2.05) is 0 Å². The molecular formula is C6H12NO3. The molecule has 59 valence electrons. The van der Waals surface area contributed by atoms with Gasteiger partial charge in [0.15, 0.2) is 0 Å². The number of nitrogens with two attached hydrogens (primary N) is 1. The van der Waals surface area contributed by atoms with Gasteiger partial charge < -0.3 is 20.7 Å². The summed E-state index contributed by atoms with van der Waals surface area (Å²) < 4.78 is 4.95. The molecule has 0 saturated carbocycles. The summed E-state index contributed by atoms with van der Waals surface area (Å²) in [5.74, 6) is 0. The first-order valence-corrected chi connectivity index (χ1v) is 3.27. The molecule has 4 N–H and O–H groups in total. The highest BCUT2D eigenvalue weighted by Crippen LogP contribution is 2.14. The lowest BCUT2D eigenvalue weighted by Gasteiger charge is -2.29. The summed E-state index contributed by atoms with van der Waals surface area (Å²) in [5, 5.41) is 17.7. The Morgan fingerprint density at radius 1 is 1.70 bits per heavy atom. The summed E-state index contributed by atoms with van der Waals surface area (Å²) in [5.41, 5.74) is 5.38. The summed E-state index contributed by atoms with van der Waals surface area (Å²) in [6.07, 6.45) is -0.450. The zero-order valence-electron chi connectivity index (χ0n) is 5.60. The van der Waals surface area contributed by atoms with Gasteiger partial charge in [0.1, 0.15) is 6.61 Å². The molecule has 0 spiro atoms. The van der Waals surface area contributed by atoms with Gasteiger partial charge in [0.25, 0.3) is 0 Å². The van der Waals surface area contributed by atoms with E-state index in [1.54, 1.807) is 0 Å². The monoisotopic (exact) mass is 146 g/mol. The summed E-state index contributed by atoms with van der Waals surface area (Å²) in [4.78, 5) is 0. The zero-order chi connectivity index (χ0) is 7.56. The predicted octanol–water partition coefficient (Wildman–Crippen LogP) is -1.38. The maximum atomic E-state index is 9.13. The number of hydrogen-bond donors (Lipinski definition) is 3. The van der Waals surface area contributed by atoms with Crippen molar-refractivity contribution in [2.45, 2.75) is 24.7 Å². The Hall–Kier alpha value is -0.160. The Morgan fingerprint density at radius 3 is 2.90 bits per heavy atom. The van der Waals surface area contributed by atoms with Crippen molar-refractivity contribution in [3.63, 3.8) is 0 Å². The normalized spacial score (nSPS) is 41.7. The van der Waals surface area contributed by atoms with E-state index >= 15 is 0 Å². The predicted molar refractivity (Wildman–Crippen MR) is 34.9 cm³/mol. The molecule has 10 heavy (non-hydrogen) atoms. The summed E-state index contributed by atoms with van der Waals surface area (Å²) in [7, 11) is 0. The lowest BCUT2D eigenvalue weighted by atomic mass is 10.0. The van der Waals surface area contributed by atoms with Crippen LogP contribution < -0.4 is 5.73 Å². The molecule has 1 radical (unpaired) electrons. The third-order valence-corrected chi connectivity index (χ3v) is 1.58. The minimum atomic E-state index is -0.578. The molecule has 0 aromatic carbocycles. The van der Waals surface area contributed by atoms with Crippen molar-refractivity contribution < 1.29 is 14.9 Å². The van der Waals surface area contributed by atoms with Crippen molar-refractivity contribution >= 4 is 0 Å². The molecule has 3 atom stereocenters. The maximum Gasteiger partial charge on any atom is 0.103 e. The first-order valence-electron chi connectivity index (χ1n) is 3.27. The average Bonchev–Trinajstić information content (AvgIpc) is 1.95. The summed E-state index contributed by atoms with van der Waals surface area (Å²) in [6.45, 7) is 1.30. The standard InChI is InChI=1S/C6H12NO3/c7-5-3-10-4(2-8)1-6(5)9/h3-6,8-9H,1-2,7H2/t4-,5-,6-/m0/s1. The van der Waals surface area contributed by atoms with E-state index in [2.05, 4.69) is 0 Å². The largest absolute Gasteiger partial charge is 0.394 e. The topological polar surface area (TPSA) is 75.7 Å². The van der Waals surface area contributed by atoms with Crippen LogP contribution in [-0.4, -0.2) is 35.1 Å². The maximum absolute atomic E-state index is 9.13. The van der Waals surface area contributed by atoms with Crippen LogP contribution in [0.25, 0.3) is 0 Å². The molecule has 0 bridgehead atoms. The van der Waals surface area contributed by atoms with Gasteiger partial charge in [-0.2, -0.15) is 0 Å². The Morgan fingerprint density at radius 2 is 2.40 bits per heavy atom. The van der Waals surface area contributed by atoms with Crippen LogP contribution in [0.15, 0.2) is 0 Å². The molecule has 1 aliphatic heterocycles. The summed E-state index contributed by atoms with van der Waals surface area (Å²) in [6, 6.07) is -0.414. The number of ether oxygens (including phenoxy) is 1. The van der Waals surface area contributed by atoms with Crippen molar-refractivity contribution in [3.05, 3.63) is 6.61 Å². The molecule has 1 fully saturated rings. The van der Waals surface area contributed by atoms with E-state index in [1.165, 1.54) is 6.61 Å². The third-order valence-electron chi connectivity index (χ3n) is 1.58. The van der Waals surface area contributed by atoms with E-state index in [-0.39, 0.29) is 12.7 Å². The molecule has 4 nitrogen and oxygen atoms in total. The highest BCUT2D eigenvalue weighted by Gasteiger charge is 2.26. The van der Waals surface area contributed by atoms with Crippen molar-refractivity contribution in [2.24, 2.45) is 5.73 Å².